The number of nitrogens with two attached hydrogens (primary N) is 1. The average Bonchev–Trinajstić information content (AvgIpc) is 2.72. The normalized spacial score (nSPS) is 12.0. The molecule has 0 unspecified atom stereocenters. The van der Waals surface area contributed by atoms with Crippen LogP contribution < -0.4 is 10.6 Å². The molecular formula is C12H14F3N3O. The lowest BCUT2D eigenvalue weighted by Crippen LogP contribution is -2.35. The van der Waals surface area contributed by atoms with Gasteiger partial charge in [0.1, 0.15) is 12.1 Å². The van der Waals surface area contributed by atoms with Gasteiger partial charge in [-0.05, 0) is 18.6 Å². The molecule has 1 heterocycles. The molecule has 0 bridgehead atoms. The first-order valence-corrected chi connectivity index (χ1v) is 5.87. The van der Waals surface area contributed by atoms with Crippen LogP contribution in [0.3, 0.4) is 0 Å². The van der Waals surface area contributed by atoms with Crippen LogP contribution in [0.15, 0.2) is 22.6 Å². The third-order valence-electron chi connectivity index (χ3n) is 2.57. The highest BCUT2D eigenvalue weighted by atomic mass is 19.4. The molecule has 7 heteroatoms. The summed E-state index contributed by atoms with van der Waals surface area (Å²) in [5.74, 6) is 0. The standard InChI is InChI=1S/C12H14F3N3O/c1-2-6-18(7-12(13,14)15)11-17-10-8(16)4-3-5-9(10)19-11/h3-5H,2,6-7,16H2,1H3. The highest BCUT2D eigenvalue weighted by Gasteiger charge is 2.32. The van der Waals surface area contributed by atoms with E-state index in [0.717, 1.165) is 4.90 Å². The minimum atomic E-state index is -4.30. The third kappa shape index (κ3) is 3.10. The van der Waals surface area contributed by atoms with Gasteiger partial charge in [-0.15, -0.1) is 0 Å². The number of fused-ring (bicyclic) bond motifs is 1. The van der Waals surface area contributed by atoms with Crippen LogP contribution in [-0.4, -0.2) is 24.2 Å². The van der Waals surface area contributed by atoms with E-state index in [1.54, 1.807) is 25.1 Å². The molecule has 19 heavy (non-hydrogen) atoms. The molecule has 1 aromatic heterocycles. The minimum Gasteiger partial charge on any atom is -0.423 e. The Kier molecular flexibility index (Phi) is 3.55. The fraction of sp³-hybridized carbons (Fsp3) is 0.417. The lowest BCUT2D eigenvalue weighted by Gasteiger charge is -2.21. The van der Waals surface area contributed by atoms with Gasteiger partial charge in [-0.3, -0.25) is 0 Å². The smallest absolute Gasteiger partial charge is 0.406 e. The molecule has 0 spiro atoms. The highest BCUT2D eigenvalue weighted by Crippen LogP contribution is 2.28. The number of hydrogen-bond donors (Lipinski definition) is 1. The van der Waals surface area contributed by atoms with Crippen LogP contribution in [0.5, 0.6) is 0 Å². The monoisotopic (exact) mass is 273 g/mol. The Hall–Kier alpha value is -1.92. The van der Waals surface area contributed by atoms with Gasteiger partial charge in [-0.1, -0.05) is 13.0 Å². The molecule has 1 aromatic carbocycles. The molecule has 0 atom stereocenters. The summed E-state index contributed by atoms with van der Waals surface area (Å²) in [6, 6.07) is 4.87. The maximum atomic E-state index is 12.5. The van der Waals surface area contributed by atoms with Crippen LogP contribution >= 0.6 is 0 Å². The largest absolute Gasteiger partial charge is 0.423 e. The first kappa shape index (κ1) is 13.5. The van der Waals surface area contributed by atoms with Crippen LogP contribution in [0.2, 0.25) is 0 Å². The van der Waals surface area contributed by atoms with E-state index in [-0.39, 0.29) is 12.6 Å². The van der Waals surface area contributed by atoms with Crippen molar-refractivity contribution in [3.8, 4) is 0 Å². The van der Waals surface area contributed by atoms with Crippen molar-refractivity contribution < 1.29 is 17.6 Å². The van der Waals surface area contributed by atoms with Crippen molar-refractivity contribution in [2.45, 2.75) is 19.5 Å². The van der Waals surface area contributed by atoms with Gasteiger partial charge in [-0.2, -0.15) is 18.2 Å². The third-order valence-corrected chi connectivity index (χ3v) is 2.57. The summed E-state index contributed by atoms with van der Waals surface area (Å²) in [6.45, 7) is 0.917. The van der Waals surface area contributed by atoms with E-state index in [2.05, 4.69) is 4.98 Å². The van der Waals surface area contributed by atoms with Gasteiger partial charge < -0.3 is 15.1 Å². The molecule has 0 amide bonds. The number of aromatic nitrogens is 1. The zero-order chi connectivity index (χ0) is 14.0. The van der Waals surface area contributed by atoms with Crippen LogP contribution in [0, 0.1) is 0 Å². The number of halogens is 3. The number of para-hydroxylation sites is 1. The summed E-state index contributed by atoms with van der Waals surface area (Å²) >= 11 is 0. The molecule has 104 valence electrons. The van der Waals surface area contributed by atoms with E-state index in [0.29, 0.717) is 23.2 Å². The maximum Gasteiger partial charge on any atom is 0.406 e. The maximum absolute atomic E-state index is 12.5. The summed E-state index contributed by atoms with van der Waals surface area (Å²) in [7, 11) is 0. The Morgan fingerprint density at radius 1 is 1.37 bits per heavy atom. The van der Waals surface area contributed by atoms with Crippen LogP contribution in [0.1, 0.15) is 13.3 Å². The second kappa shape index (κ2) is 4.99. The van der Waals surface area contributed by atoms with Crippen LogP contribution in [0.4, 0.5) is 24.9 Å². The van der Waals surface area contributed by atoms with Gasteiger partial charge in [0.25, 0.3) is 6.01 Å². The Morgan fingerprint density at radius 3 is 2.68 bits per heavy atom. The predicted molar refractivity (Wildman–Crippen MR) is 67.0 cm³/mol. The number of hydrogen-bond acceptors (Lipinski definition) is 4. The van der Waals surface area contributed by atoms with Crippen molar-refractivity contribution in [1.29, 1.82) is 0 Å². The van der Waals surface area contributed by atoms with Gasteiger partial charge >= 0.3 is 6.18 Å². The summed E-state index contributed by atoms with van der Waals surface area (Å²) in [6.07, 6.45) is -3.74. The van der Waals surface area contributed by atoms with Crippen molar-refractivity contribution in [3.05, 3.63) is 18.2 Å². The molecular weight excluding hydrogens is 259 g/mol. The molecule has 2 aromatic rings. The van der Waals surface area contributed by atoms with Gasteiger partial charge in [0.2, 0.25) is 0 Å². The Labute approximate surface area is 108 Å². The molecule has 0 aliphatic rings. The van der Waals surface area contributed by atoms with Crippen molar-refractivity contribution in [3.63, 3.8) is 0 Å². The van der Waals surface area contributed by atoms with Gasteiger partial charge in [0.15, 0.2) is 5.58 Å². The minimum absolute atomic E-state index is 0.0490. The number of nitrogen functional groups attached to an aromatic ring is 1. The topological polar surface area (TPSA) is 55.3 Å². The van der Waals surface area contributed by atoms with E-state index >= 15 is 0 Å². The quantitative estimate of drug-likeness (QED) is 0.869. The SMILES string of the molecule is CCCN(CC(F)(F)F)c1nc2c(N)cccc2o1. The van der Waals surface area contributed by atoms with E-state index in [4.69, 9.17) is 10.2 Å². The Morgan fingerprint density at radius 2 is 2.11 bits per heavy atom. The molecule has 0 saturated carbocycles. The fourth-order valence-corrected chi connectivity index (χ4v) is 1.82. The molecule has 0 fully saturated rings. The highest BCUT2D eigenvalue weighted by molar-refractivity contribution is 5.86. The summed E-state index contributed by atoms with van der Waals surface area (Å²) in [5, 5.41) is 0. The Bertz CT molecular complexity index is 565. The number of oxazole rings is 1. The fourth-order valence-electron chi connectivity index (χ4n) is 1.82. The Balaban J connectivity index is 2.36. The number of benzene rings is 1. The van der Waals surface area contributed by atoms with E-state index in [1.165, 1.54) is 0 Å². The van der Waals surface area contributed by atoms with Gasteiger partial charge in [-0.25, -0.2) is 0 Å². The first-order valence-electron chi connectivity index (χ1n) is 5.87. The summed E-state index contributed by atoms with van der Waals surface area (Å²) in [4.78, 5) is 5.12. The lowest BCUT2D eigenvalue weighted by atomic mass is 10.3. The number of anilines is 2. The predicted octanol–water partition coefficient (Wildman–Crippen LogP) is 3.19. The number of nitrogens with zero attached hydrogens (tertiary/aromatic N) is 2. The molecule has 4 nitrogen and oxygen atoms in total. The second-order valence-electron chi connectivity index (χ2n) is 4.23. The molecule has 0 radical (unpaired) electrons. The lowest BCUT2D eigenvalue weighted by molar-refractivity contribution is -0.120. The van der Waals surface area contributed by atoms with Crippen molar-refractivity contribution >= 4 is 22.8 Å². The molecule has 0 saturated heterocycles. The van der Waals surface area contributed by atoms with E-state index < -0.39 is 12.7 Å². The summed E-state index contributed by atoms with van der Waals surface area (Å²) in [5.41, 5.74) is 6.87. The van der Waals surface area contributed by atoms with Crippen molar-refractivity contribution in [2.75, 3.05) is 23.7 Å². The van der Waals surface area contributed by atoms with E-state index in [9.17, 15) is 13.2 Å². The number of alkyl halides is 3. The van der Waals surface area contributed by atoms with Gasteiger partial charge in [0, 0.05) is 6.54 Å². The van der Waals surface area contributed by atoms with Gasteiger partial charge in [0.05, 0.1) is 5.69 Å². The zero-order valence-corrected chi connectivity index (χ0v) is 10.4. The van der Waals surface area contributed by atoms with Crippen LogP contribution in [-0.2, 0) is 0 Å². The molecule has 0 aliphatic carbocycles. The molecule has 0 aliphatic heterocycles. The van der Waals surface area contributed by atoms with Crippen molar-refractivity contribution in [2.24, 2.45) is 0 Å². The first-order chi connectivity index (χ1) is 8.90. The van der Waals surface area contributed by atoms with E-state index in [1.807, 2.05) is 0 Å². The second-order valence-corrected chi connectivity index (χ2v) is 4.23. The zero-order valence-electron chi connectivity index (χ0n) is 10.4. The number of rotatable bonds is 4. The summed E-state index contributed by atoms with van der Waals surface area (Å²) < 4.78 is 42.9. The van der Waals surface area contributed by atoms with Crippen molar-refractivity contribution in [1.82, 2.24) is 4.98 Å². The molecule has 2 rings (SSSR count). The average molecular weight is 273 g/mol. The molecule has 2 N–H and O–H groups in total. The van der Waals surface area contributed by atoms with Crippen LogP contribution in [0.25, 0.3) is 11.1 Å².